The van der Waals surface area contributed by atoms with Crippen molar-refractivity contribution in [3.05, 3.63) is 34.3 Å². The van der Waals surface area contributed by atoms with Crippen LogP contribution in [0.5, 0.6) is 0 Å². The van der Waals surface area contributed by atoms with Crippen molar-refractivity contribution in [1.82, 2.24) is 9.88 Å². The van der Waals surface area contributed by atoms with Gasteiger partial charge in [0.1, 0.15) is 16.1 Å². The zero-order valence-corrected chi connectivity index (χ0v) is 15.0. The van der Waals surface area contributed by atoms with Crippen LogP contribution in [-0.2, 0) is 4.74 Å². The molecule has 1 amide bonds. The molecule has 0 aliphatic carbocycles. The van der Waals surface area contributed by atoms with Crippen molar-refractivity contribution in [3.8, 4) is 0 Å². The monoisotopic (exact) mass is 350 g/mol. The van der Waals surface area contributed by atoms with E-state index < -0.39 is 5.60 Å². The van der Waals surface area contributed by atoms with E-state index in [1.54, 1.807) is 16.2 Å². The van der Waals surface area contributed by atoms with Gasteiger partial charge in [-0.15, -0.1) is 11.3 Å². The van der Waals surface area contributed by atoms with Crippen molar-refractivity contribution in [3.63, 3.8) is 0 Å². The van der Waals surface area contributed by atoms with Gasteiger partial charge in [-0.25, -0.2) is 9.78 Å². The van der Waals surface area contributed by atoms with Crippen LogP contribution in [0.2, 0.25) is 5.02 Å². The highest BCUT2D eigenvalue weighted by Gasteiger charge is 2.24. The lowest BCUT2D eigenvalue weighted by atomic mass is 10.1. The molecule has 2 aromatic rings. The van der Waals surface area contributed by atoms with E-state index in [1.165, 1.54) is 5.57 Å². The topological polar surface area (TPSA) is 42.4 Å². The number of halogens is 1. The molecule has 0 N–H and O–H groups in total. The van der Waals surface area contributed by atoms with Gasteiger partial charge in [0, 0.05) is 13.1 Å². The minimum atomic E-state index is -0.467. The summed E-state index contributed by atoms with van der Waals surface area (Å²) in [5, 5.41) is 1.66. The minimum absolute atomic E-state index is 0.264. The van der Waals surface area contributed by atoms with Crippen LogP contribution in [0.15, 0.2) is 24.3 Å². The molecule has 23 heavy (non-hydrogen) atoms. The number of amides is 1. The van der Waals surface area contributed by atoms with E-state index in [1.807, 2.05) is 39.0 Å². The SMILES string of the molecule is CC(C)(C)OC(=O)N1CC=C(c2nc3c(Cl)cccc3s2)CC1. The minimum Gasteiger partial charge on any atom is -0.444 e. The van der Waals surface area contributed by atoms with Crippen molar-refractivity contribution in [2.75, 3.05) is 13.1 Å². The van der Waals surface area contributed by atoms with Crippen molar-refractivity contribution < 1.29 is 9.53 Å². The predicted octanol–water partition coefficient (Wildman–Crippen LogP) is 4.97. The highest BCUT2D eigenvalue weighted by molar-refractivity contribution is 7.19. The number of rotatable bonds is 1. The largest absolute Gasteiger partial charge is 0.444 e. The van der Waals surface area contributed by atoms with Crippen LogP contribution in [0.25, 0.3) is 15.8 Å². The highest BCUT2D eigenvalue weighted by Crippen LogP contribution is 2.33. The predicted molar refractivity (Wildman–Crippen MR) is 95.0 cm³/mol. The Hall–Kier alpha value is -1.59. The first-order chi connectivity index (χ1) is 10.8. The van der Waals surface area contributed by atoms with E-state index in [0.717, 1.165) is 21.6 Å². The van der Waals surface area contributed by atoms with Crippen molar-refractivity contribution >= 4 is 44.8 Å². The Bertz CT molecular complexity index is 776. The molecule has 0 fully saturated rings. The Morgan fingerprint density at radius 2 is 2.17 bits per heavy atom. The molecule has 1 aliphatic heterocycles. The first-order valence-electron chi connectivity index (χ1n) is 7.56. The maximum Gasteiger partial charge on any atom is 0.410 e. The van der Waals surface area contributed by atoms with Crippen molar-refractivity contribution in [2.24, 2.45) is 0 Å². The van der Waals surface area contributed by atoms with Crippen LogP contribution in [0.4, 0.5) is 4.79 Å². The molecular weight excluding hydrogens is 332 g/mol. The Balaban J connectivity index is 1.75. The molecule has 4 nitrogen and oxygen atoms in total. The molecule has 0 saturated carbocycles. The van der Waals surface area contributed by atoms with Crippen LogP contribution in [0, 0.1) is 0 Å². The third kappa shape index (κ3) is 3.67. The van der Waals surface area contributed by atoms with E-state index in [4.69, 9.17) is 16.3 Å². The summed E-state index contributed by atoms with van der Waals surface area (Å²) in [7, 11) is 0. The van der Waals surface area contributed by atoms with E-state index in [2.05, 4.69) is 11.1 Å². The van der Waals surface area contributed by atoms with Crippen molar-refractivity contribution in [2.45, 2.75) is 32.8 Å². The van der Waals surface area contributed by atoms with Gasteiger partial charge in [0.05, 0.1) is 9.72 Å². The van der Waals surface area contributed by atoms with Gasteiger partial charge in [0.25, 0.3) is 0 Å². The number of carbonyl (C=O) groups is 1. The summed E-state index contributed by atoms with van der Waals surface area (Å²) < 4.78 is 6.50. The fraction of sp³-hybridized carbons (Fsp3) is 0.412. The van der Waals surface area contributed by atoms with E-state index in [9.17, 15) is 4.79 Å². The lowest BCUT2D eigenvalue weighted by Gasteiger charge is -2.29. The van der Waals surface area contributed by atoms with Gasteiger partial charge >= 0.3 is 6.09 Å². The Labute approximate surface area is 144 Å². The molecular formula is C17H19ClN2O2S. The quantitative estimate of drug-likeness (QED) is 0.728. The molecule has 0 unspecified atom stereocenters. The molecule has 0 bridgehead atoms. The Morgan fingerprint density at radius 1 is 1.39 bits per heavy atom. The number of hydrogen-bond acceptors (Lipinski definition) is 4. The second kappa shape index (κ2) is 6.13. The van der Waals surface area contributed by atoms with Gasteiger partial charge in [0.15, 0.2) is 0 Å². The number of hydrogen-bond donors (Lipinski definition) is 0. The number of thiazole rings is 1. The van der Waals surface area contributed by atoms with Gasteiger partial charge < -0.3 is 9.64 Å². The summed E-state index contributed by atoms with van der Waals surface area (Å²) in [4.78, 5) is 18.5. The van der Waals surface area contributed by atoms with Gasteiger partial charge in [-0.3, -0.25) is 0 Å². The first kappa shape index (κ1) is 16.3. The average molecular weight is 351 g/mol. The molecule has 0 atom stereocenters. The zero-order valence-electron chi connectivity index (χ0n) is 13.4. The maximum absolute atomic E-state index is 12.1. The van der Waals surface area contributed by atoms with Gasteiger partial charge in [0.2, 0.25) is 0 Å². The van der Waals surface area contributed by atoms with Crippen LogP contribution in [0.1, 0.15) is 32.2 Å². The number of fused-ring (bicyclic) bond motifs is 1. The number of para-hydroxylation sites is 1. The Kier molecular flexibility index (Phi) is 4.34. The average Bonchev–Trinajstić information content (AvgIpc) is 2.91. The van der Waals surface area contributed by atoms with Crippen molar-refractivity contribution in [1.29, 1.82) is 0 Å². The smallest absolute Gasteiger partial charge is 0.410 e. The Morgan fingerprint density at radius 3 is 2.78 bits per heavy atom. The third-order valence-corrected chi connectivity index (χ3v) is 4.91. The number of carbonyl (C=O) groups excluding carboxylic acids is 1. The van der Waals surface area contributed by atoms with E-state index in [-0.39, 0.29) is 6.09 Å². The molecule has 122 valence electrons. The van der Waals surface area contributed by atoms with Crippen LogP contribution >= 0.6 is 22.9 Å². The van der Waals surface area contributed by atoms with E-state index >= 15 is 0 Å². The molecule has 1 aromatic heterocycles. The third-order valence-electron chi connectivity index (χ3n) is 3.51. The summed E-state index contributed by atoms with van der Waals surface area (Å²) in [6.07, 6.45) is 2.57. The van der Waals surface area contributed by atoms with Crippen LogP contribution < -0.4 is 0 Å². The molecule has 1 aliphatic rings. The lowest BCUT2D eigenvalue weighted by molar-refractivity contribution is 0.0270. The zero-order chi connectivity index (χ0) is 16.6. The molecule has 3 rings (SSSR count). The number of ether oxygens (including phenoxy) is 1. The molecule has 6 heteroatoms. The normalized spacial score (nSPS) is 15.7. The molecule has 2 heterocycles. The van der Waals surface area contributed by atoms with E-state index in [0.29, 0.717) is 18.1 Å². The lowest BCUT2D eigenvalue weighted by Crippen LogP contribution is -2.39. The highest BCUT2D eigenvalue weighted by atomic mass is 35.5. The summed E-state index contributed by atoms with van der Waals surface area (Å²) >= 11 is 7.83. The molecule has 0 saturated heterocycles. The van der Waals surface area contributed by atoms with Gasteiger partial charge in [-0.05, 0) is 44.9 Å². The van der Waals surface area contributed by atoms with Crippen LogP contribution in [0.3, 0.4) is 0 Å². The first-order valence-corrected chi connectivity index (χ1v) is 8.75. The van der Waals surface area contributed by atoms with Gasteiger partial charge in [-0.2, -0.15) is 0 Å². The summed E-state index contributed by atoms with van der Waals surface area (Å²) in [6, 6.07) is 5.82. The standard InChI is InChI=1S/C17H19ClN2O2S/c1-17(2,3)22-16(21)20-9-7-11(8-10-20)15-19-14-12(18)5-4-6-13(14)23-15/h4-7H,8-10H2,1-3H3. The van der Waals surface area contributed by atoms with Crippen LogP contribution in [-0.4, -0.2) is 34.7 Å². The summed E-state index contributed by atoms with van der Waals surface area (Å²) in [6.45, 7) is 6.82. The number of aromatic nitrogens is 1. The second-order valence-corrected chi connectivity index (χ2v) is 7.95. The molecule has 0 spiro atoms. The number of nitrogens with zero attached hydrogens (tertiary/aromatic N) is 2. The summed E-state index contributed by atoms with van der Waals surface area (Å²) in [5.41, 5.74) is 1.55. The van der Waals surface area contributed by atoms with Gasteiger partial charge in [-0.1, -0.05) is 23.7 Å². The fourth-order valence-electron chi connectivity index (χ4n) is 2.41. The molecule has 1 aromatic carbocycles. The second-order valence-electron chi connectivity index (χ2n) is 6.51. The summed E-state index contributed by atoms with van der Waals surface area (Å²) in [5.74, 6) is 0. The molecule has 0 radical (unpaired) electrons. The number of benzene rings is 1. The maximum atomic E-state index is 12.1. The fourth-order valence-corrected chi connectivity index (χ4v) is 3.74.